The van der Waals surface area contributed by atoms with Crippen LogP contribution in [0.15, 0.2) is 30.6 Å². The van der Waals surface area contributed by atoms with Crippen molar-refractivity contribution >= 4 is 17.5 Å². The van der Waals surface area contributed by atoms with Gasteiger partial charge < -0.3 is 15.1 Å². The van der Waals surface area contributed by atoms with Gasteiger partial charge in [-0.15, -0.1) is 0 Å². The largest absolute Gasteiger partial charge is 0.417 e. The van der Waals surface area contributed by atoms with Crippen molar-refractivity contribution in [3.05, 3.63) is 47.3 Å². The van der Waals surface area contributed by atoms with Gasteiger partial charge in [0.25, 0.3) is 5.91 Å². The van der Waals surface area contributed by atoms with Crippen molar-refractivity contribution in [2.75, 3.05) is 31.6 Å². The Balaban J connectivity index is 1.52. The lowest BCUT2D eigenvalue weighted by atomic mass is 9.76. The molecule has 1 aromatic heterocycles. The Morgan fingerprint density at radius 1 is 1.29 bits per heavy atom. The van der Waals surface area contributed by atoms with Crippen LogP contribution in [0.5, 0.6) is 0 Å². The zero-order valence-electron chi connectivity index (χ0n) is 19.6. The minimum Gasteiger partial charge on any atom is -0.371 e. The average Bonchev–Trinajstić information content (AvgIpc) is 3.48. The third-order valence-corrected chi connectivity index (χ3v) is 7.14. The minimum absolute atomic E-state index is 0.234. The van der Waals surface area contributed by atoms with Gasteiger partial charge in [0.1, 0.15) is 6.04 Å². The molecule has 8 nitrogen and oxygen atoms in total. The number of carbonyl (C=O) groups excluding carboxylic acids is 2. The number of likely N-dealkylation sites (tertiary alicyclic amines) is 1. The molecule has 2 aliphatic heterocycles. The smallest absolute Gasteiger partial charge is 0.371 e. The molecule has 35 heavy (non-hydrogen) atoms. The molecule has 3 heterocycles. The van der Waals surface area contributed by atoms with Crippen LogP contribution in [0.4, 0.5) is 18.9 Å². The van der Waals surface area contributed by atoms with E-state index >= 15 is 0 Å². The number of amides is 2. The summed E-state index contributed by atoms with van der Waals surface area (Å²) in [7, 11) is 1.54. The number of piperidine rings is 1. The van der Waals surface area contributed by atoms with Gasteiger partial charge in [-0.25, -0.2) is 0 Å². The van der Waals surface area contributed by atoms with Gasteiger partial charge in [-0.1, -0.05) is 0 Å². The molecular formula is C24H27F3N6O2. The summed E-state index contributed by atoms with van der Waals surface area (Å²) >= 11 is 0. The van der Waals surface area contributed by atoms with Gasteiger partial charge in [-0.3, -0.25) is 14.3 Å². The summed E-state index contributed by atoms with van der Waals surface area (Å²) in [5.41, 5.74) is -0.814. The number of hydrogen-bond acceptors (Lipinski definition) is 5. The normalized spacial score (nSPS) is 19.6. The molecule has 0 aliphatic carbocycles. The molecule has 0 bridgehead atoms. The number of halogens is 3. The monoisotopic (exact) mass is 488 g/mol. The van der Waals surface area contributed by atoms with Crippen LogP contribution in [-0.4, -0.2) is 59.2 Å². The number of nitrogens with one attached hydrogen (secondary N) is 1. The minimum atomic E-state index is -4.61. The second-order valence-electron chi connectivity index (χ2n) is 9.18. The van der Waals surface area contributed by atoms with Crippen LogP contribution >= 0.6 is 0 Å². The van der Waals surface area contributed by atoms with Crippen molar-refractivity contribution in [3.63, 3.8) is 0 Å². The molecule has 11 heteroatoms. The summed E-state index contributed by atoms with van der Waals surface area (Å²) in [4.78, 5) is 29.4. The van der Waals surface area contributed by atoms with E-state index in [0.29, 0.717) is 56.7 Å². The summed E-state index contributed by atoms with van der Waals surface area (Å²) < 4.78 is 41.9. The number of anilines is 1. The van der Waals surface area contributed by atoms with Crippen molar-refractivity contribution in [1.82, 2.24) is 20.0 Å². The Hall–Kier alpha value is -3.55. The number of nitrogens with zero attached hydrogens (tertiary/aromatic N) is 5. The van der Waals surface area contributed by atoms with Gasteiger partial charge >= 0.3 is 6.18 Å². The molecule has 1 unspecified atom stereocenters. The van der Waals surface area contributed by atoms with Gasteiger partial charge in [0.2, 0.25) is 5.91 Å². The number of carbonyl (C=O) groups is 2. The molecule has 2 aromatic rings. The van der Waals surface area contributed by atoms with Crippen LogP contribution in [0.3, 0.4) is 0 Å². The summed E-state index contributed by atoms with van der Waals surface area (Å²) in [6.45, 7) is 3.91. The van der Waals surface area contributed by atoms with Gasteiger partial charge in [0.15, 0.2) is 0 Å². The third kappa shape index (κ3) is 4.70. The van der Waals surface area contributed by atoms with Crippen LogP contribution in [0, 0.1) is 16.7 Å². The highest BCUT2D eigenvalue weighted by atomic mass is 19.4. The molecule has 2 amide bonds. The maximum Gasteiger partial charge on any atom is 0.417 e. The van der Waals surface area contributed by atoms with E-state index in [0.717, 1.165) is 6.07 Å². The highest BCUT2D eigenvalue weighted by molar-refractivity contribution is 5.97. The van der Waals surface area contributed by atoms with E-state index < -0.39 is 23.3 Å². The number of hydrogen-bond donors (Lipinski definition) is 1. The Morgan fingerprint density at radius 2 is 2.00 bits per heavy atom. The Bertz CT molecular complexity index is 1160. The maximum atomic E-state index is 13.4. The van der Waals surface area contributed by atoms with E-state index in [-0.39, 0.29) is 17.2 Å². The van der Waals surface area contributed by atoms with E-state index in [4.69, 9.17) is 5.26 Å². The van der Waals surface area contributed by atoms with E-state index in [2.05, 4.69) is 10.4 Å². The SMILES string of the molecule is CCn1cc(C(=O)N2CC3(CCN(c4ccc(C#N)c(C(F)(F)F)c4)CC3)CC2C(=O)NC)cn1. The predicted octanol–water partition coefficient (Wildman–Crippen LogP) is 3.04. The number of aryl methyl sites for hydroxylation is 1. The molecule has 1 N–H and O–H groups in total. The first-order chi connectivity index (χ1) is 16.6. The first-order valence-electron chi connectivity index (χ1n) is 11.5. The van der Waals surface area contributed by atoms with Crippen LogP contribution < -0.4 is 10.2 Å². The summed E-state index contributed by atoms with van der Waals surface area (Å²) in [5.74, 6) is -0.484. The fourth-order valence-corrected chi connectivity index (χ4v) is 5.15. The second kappa shape index (κ2) is 9.24. The zero-order valence-corrected chi connectivity index (χ0v) is 19.6. The van der Waals surface area contributed by atoms with E-state index in [1.807, 2.05) is 11.8 Å². The van der Waals surface area contributed by atoms with Crippen LogP contribution in [0.25, 0.3) is 0 Å². The molecule has 2 saturated heterocycles. The molecule has 1 aromatic carbocycles. The van der Waals surface area contributed by atoms with Gasteiger partial charge in [0.05, 0.1) is 29.0 Å². The number of alkyl halides is 3. The Morgan fingerprint density at radius 3 is 2.57 bits per heavy atom. The second-order valence-corrected chi connectivity index (χ2v) is 9.18. The van der Waals surface area contributed by atoms with Crippen molar-refractivity contribution in [2.24, 2.45) is 5.41 Å². The standard InChI is InChI=1S/C24H27F3N6O2/c1-3-32-14-17(13-30-32)22(35)33-15-23(11-20(33)21(34)29-2)6-8-31(9-7-23)18-5-4-16(12-28)19(10-18)24(25,26)27/h4-5,10,13-14,20H,3,6-9,11,15H2,1-2H3,(H,29,34). The molecule has 186 valence electrons. The number of benzene rings is 1. The molecule has 1 spiro atoms. The first kappa shape index (κ1) is 24.6. The van der Waals surface area contributed by atoms with Gasteiger partial charge in [0, 0.05) is 45.1 Å². The topological polar surface area (TPSA) is 94.3 Å². The van der Waals surface area contributed by atoms with Gasteiger partial charge in [-0.05, 0) is 49.8 Å². The number of nitriles is 1. The lowest BCUT2D eigenvalue weighted by Gasteiger charge is -2.40. The van der Waals surface area contributed by atoms with E-state index in [9.17, 15) is 22.8 Å². The highest BCUT2D eigenvalue weighted by Gasteiger charge is 2.50. The van der Waals surface area contributed by atoms with Crippen LogP contribution in [0.2, 0.25) is 0 Å². The van der Waals surface area contributed by atoms with Crippen LogP contribution in [0.1, 0.15) is 47.7 Å². The predicted molar refractivity (Wildman–Crippen MR) is 121 cm³/mol. The first-order valence-corrected chi connectivity index (χ1v) is 11.5. The molecule has 2 aliphatic rings. The third-order valence-electron chi connectivity index (χ3n) is 7.14. The van der Waals surface area contributed by atoms with Crippen molar-refractivity contribution in [1.29, 1.82) is 5.26 Å². The molecule has 0 saturated carbocycles. The molecule has 4 rings (SSSR count). The maximum absolute atomic E-state index is 13.4. The number of aromatic nitrogens is 2. The summed E-state index contributed by atoms with van der Waals surface area (Å²) in [6.07, 6.45) is 0.301. The summed E-state index contributed by atoms with van der Waals surface area (Å²) in [5, 5.41) is 15.9. The molecular weight excluding hydrogens is 461 g/mol. The van der Waals surface area contributed by atoms with Gasteiger partial charge in [-0.2, -0.15) is 23.5 Å². The fourth-order valence-electron chi connectivity index (χ4n) is 5.15. The lowest BCUT2D eigenvalue weighted by molar-refractivity contribution is -0.137. The summed E-state index contributed by atoms with van der Waals surface area (Å²) in [6, 6.07) is 4.76. The zero-order chi connectivity index (χ0) is 25.4. The fraction of sp³-hybridized carbons (Fsp3) is 0.500. The molecule has 0 radical (unpaired) electrons. The molecule has 2 fully saturated rings. The highest BCUT2D eigenvalue weighted by Crippen LogP contribution is 2.45. The van der Waals surface area contributed by atoms with E-state index in [1.54, 1.807) is 21.8 Å². The Kier molecular flexibility index (Phi) is 6.49. The lowest BCUT2D eigenvalue weighted by Crippen LogP contribution is -2.45. The Labute approximate surface area is 201 Å². The quantitative estimate of drug-likeness (QED) is 0.714. The van der Waals surface area contributed by atoms with Crippen molar-refractivity contribution in [2.45, 2.75) is 44.9 Å². The number of likely N-dealkylation sites (N-methyl/N-ethyl adjacent to an activating group) is 1. The number of rotatable bonds is 4. The van der Waals surface area contributed by atoms with Crippen molar-refractivity contribution < 1.29 is 22.8 Å². The van der Waals surface area contributed by atoms with E-state index in [1.165, 1.54) is 25.4 Å². The molecule has 1 atom stereocenters. The van der Waals surface area contributed by atoms with Crippen LogP contribution in [-0.2, 0) is 17.5 Å². The van der Waals surface area contributed by atoms with Crippen molar-refractivity contribution in [3.8, 4) is 6.07 Å². The average molecular weight is 489 g/mol.